The van der Waals surface area contributed by atoms with Gasteiger partial charge in [-0.2, -0.15) is 0 Å². The van der Waals surface area contributed by atoms with E-state index in [1.807, 2.05) is 0 Å². The molecule has 2 aromatic carbocycles. The zero-order chi connectivity index (χ0) is 23.8. The second-order valence-corrected chi connectivity index (χ2v) is 10.4. The van der Waals surface area contributed by atoms with Crippen LogP contribution in [-0.4, -0.2) is 27.2 Å². The molecule has 1 heterocycles. The Morgan fingerprint density at radius 1 is 1.03 bits per heavy atom. The van der Waals surface area contributed by atoms with Crippen molar-refractivity contribution in [3.63, 3.8) is 0 Å². The predicted molar refractivity (Wildman–Crippen MR) is 139 cm³/mol. The lowest BCUT2D eigenvalue weighted by Gasteiger charge is -2.21. The molecule has 0 aliphatic heterocycles. The van der Waals surface area contributed by atoms with E-state index in [1.54, 1.807) is 11.8 Å². The first-order valence-corrected chi connectivity index (χ1v) is 13.5. The number of hydrogen-bond acceptors (Lipinski definition) is 4. The monoisotopic (exact) mass is 476 g/mol. The van der Waals surface area contributed by atoms with E-state index in [9.17, 15) is 4.79 Å². The standard InChI is InChI=1S/C28H36N4OS/c1-21-11-13-25(14-12-21)32-26(15-16-27(33)29-18-17-23-8-4-3-5-9-23)30-31-28(32)34-20-24-10-6-7-22(2)19-24/h6-7,10-14,19,23H,3-5,8-9,15-18,20H2,1-2H3,(H,29,33). The van der Waals surface area contributed by atoms with Gasteiger partial charge >= 0.3 is 0 Å². The Morgan fingerprint density at radius 3 is 2.59 bits per heavy atom. The minimum absolute atomic E-state index is 0.100. The molecule has 6 heteroatoms. The third kappa shape index (κ3) is 6.95. The molecular formula is C28H36N4OS. The van der Waals surface area contributed by atoms with Gasteiger partial charge in [0, 0.05) is 30.8 Å². The fraction of sp³-hybridized carbons (Fsp3) is 0.464. The van der Waals surface area contributed by atoms with Crippen molar-refractivity contribution in [3.8, 4) is 5.69 Å². The summed E-state index contributed by atoms with van der Waals surface area (Å²) in [5.41, 5.74) is 4.77. The molecular weight excluding hydrogens is 440 g/mol. The van der Waals surface area contributed by atoms with Crippen molar-refractivity contribution >= 4 is 17.7 Å². The van der Waals surface area contributed by atoms with Crippen LogP contribution in [0.3, 0.4) is 0 Å². The molecule has 1 aromatic heterocycles. The molecule has 34 heavy (non-hydrogen) atoms. The highest BCUT2D eigenvalue weighted by atomic mass is 32.2. The van der Waals surface area contributed by atoms with Gasteiger partial charge in [-0.15, -0.1) is 10.2 Å². The van der Waals surface area contributed by atoms with Gasteiger partial charge in [-0.25, -0.2) is 0 Å². The smallest absolute Gasteiger partial charge is 0.220 e. The van der Waals surface area contributed by atoms with E-state index in [0.29, 0.717) is 12.8 Å². The maximum absolute atomic E-state index is 12.5. The van der Waals surface area contributed by atoms with E-state index in [1.165, 1.54) is 48.8 Å². The van der Waals surface area contributed by atoms with Crippen molar-refractivity contribution in [1.82, 2.24) is 20.1 Å². The molecule has 1 saturated carbocycles. The molecule has 0 spiro atoms. The third-order valence-electron chi connectivity index (χ3n) is 6.62. The number of carbonyl (C=O) groups is 1. The molecule has 1 amide bonds. The summed E-state index contributed by atoms with van der Waals surface area (Å²) in [6, 6.07) is 17.0. The number of hydrogen-bond donors (Lipinski definition) is 1. The van der Waals surface area contributed by atoms with Crippen LogP contribution in [-0.2, 0) is 17.0 Å². The van der Waals surface area contributed by atoms with Crippen LogP contribution in [0.15, 0.2) is 53.7 Å². The van der Waals surface area contributed by atoms with Gasteiger partial charge in [0.1, 0.15) is 5.82 Å². The van der Waals surface area contributed by atoms with Crippen LogP contribution in [0.25, 0.3) is 5.69 Å². The Labute approximate surface area is 207 Å². The first-order chi connectivity index (χ1) is 16.6. The Kier molecular flexibility index (Phi) is 8.80. The predicted octanol–water partition coefficient (Wildman–Crippen LogP) is 6.20. The third-order valence-corrected chi connectivity index (χ3v) is 7.62. The van der Waals surface area contributed by atoms with Crippen LogP contribution in [0.4, 0.5) is 0 Å². The number of thioether (sulfide) groups is 1. The van der Waals surface area contributed by atoms with Crippen LogP contribution >= 0.6 is 11.8 Å². The number of rotatable bonds is 10. The van der Waals surface area contributed by atoms with Gasteiger partial charge in [-0.05, 0) is 43.9 Å². The highest BCUT2D eigenvalue weighted by molar-refractivity contribution is 7.98. The summed E-state index contributed by atoms with van der Waals surface area (Å²) in [5.74, 6) is 2.54. The van der Waals surface area contributed by atoms with Gasteiger partial charge in [0.15, 0.2) is 5.16 Å². The zero-order valence-electron chi connectivity index (χ0n) is 20.4. The molecule has 0 unspecified atom stereocenters. The maximum atomic E-state index is 12.5. The number of aromatic nitrogens is 3. The van der Waals surface area contributed by atoms with Crippen molar-refractivity contribution in [3.05, 3.63) is 71.0 Å². The molecule has 0 saturated heterocycles. The summed E-state index contributed by atoms with van der Waals surface area (Å²) in [5, 5.41) is 13.0. The van der Waals surface area contributed by atoms with Crippen molar-refractivity contribution in [2.45, 2.75) is 76.1 Å². The summed E-state index contributed by atoms with van der Waals surface area (Å²) >= 11 is 1.68. The highest BCUT2D eigenvalue weighted by Gasteiger charge is 2.17. The summed E-state index contributed by atoms with van der Waals surface area (Å²) in [6.45, 7) is 4.98. The second-order valence-electron chi connectivity index (χ2n) is 9.49. The van der Waals surface area contributed by atoms with Crippen LogP contribution in [0.2, 0.25) is 0 Å². The SMILES string of the molecule is Cc1ccc(-n2c(CCC(=O)NCCC3CCCCC3)nnc2SCc2cccc(C)c2)cc1. The average Bonchev–Trinajstić information content (AvgIpc) is 3.25. The summed E-state index contributed by atoms with van der Waals surface area (Å²) in [4.78, 5) is 12.5. The van der Waals surface area contributed by atoms with Crippen molar-refractivity contribution < 1.29 is 4.79 Å². The number of nitrogens with one attached hydrogen (secondary N) is 1. The Bertz CT molecular complexity index is 1070. The van der Waals surface area contributed by atoms with Gasteiger partial charge in [0.2, 0.25) is 5.91 Å². The van der Waals surface area contributed by atoms with E-state index in [2.05, 4.69) is 82.5 Å². The first-order valence-electron chi connectivity index (χ1n) is 12.5. The quantitative estimate of drug-likeness (QED) is 0.354. The molecule has 0 bridgehead atoms. The molecule has 1 aliphatic rings. The molecule has 0 radical (unpaired) electrons. The molecule has 5 nitrogen and oxygen atoms in total. The molecule has 3 aromatic rings. The first kappa shape index (κ1) is 24.5. The normalized spacial score (nSPS) is 14.3. The number of aryl methyl sites for hydroxylation is 3. The molecule has 1 N–H and O–H groups in total. The zero-order valence-corrected chi connectivity index (χ0v) is 21.2. The van der Waals surface area contributed by atoms with Crippen LogP contribution in [0, 0.1) is 19.8 Å². The largest absolute Gasteiger partial charge is 0.356 e. The van der Waals surface area contributed by atoms with E-state index < -0.39 is 0 Å². The molecule has 1 aliphatic carbocycles. The lowest BCUT2D eigenvalue weighted by molar-refractivity contribution is -0.121. The summed E-state index contributed by atoms with van der Waals surface area (Å²) in [6.07, 6.45) is 8.80. The summed E-state index contributed by atoms with van der Waals surface area (Å²) in [7, 11) is 0. The van der Waals surface area contributed by atoms with Crippen molar-refractivity contribution in [2.24, 2.45) is 5.92 Å². The van der Waals surface area contributed by atoms with Gasteiger partial charge in [-0.3, -0.25) is 9.36 Å². The van der Waals surface area contributed by atoms with Gasteiger partial charge in [0.25, 0.3) is 0 Å². The number of benzene rings is 2. The van der Waals surface area contributed by atoms with Crippen molar-refractivity contribution in [1.29, 1.82) is 0 Å². The topological polar surface area (TPSA) is 59.8 Å². The fourth-order valence-electron chi connectivity index (χ4n) is 4.66. The minimum Gasteiger partial charge on any atom is -0.356 e. The lowest BCUT2D eigenvalue weighted by Crippen LogP contribution is -2.26. The van der Waals surface area contributed by atoms with Gasteiger partial charge in [-0.1, -0.05) is 91.4 Å². The Hall–Kier alpha value is -2.60. The highest BCUT2D eigenvalue weighted by Crippen LogP contribution is 2.27. The van der Waals surface area contributed by atoms with Crippen LogP contribution < -0.4 is 5.32 Å². The molecule has 0 atom stereocenters. The Morgan fingerprint density at radius 2 is 1.82 bits per heavy atom. The minimum atomic E-state index is 0.100. The van der Waals surface area contributed by atoms with E-state index >= 15 is 0 Å². The molecule has 4 rings (SSSR count). The van der Waals surface area contributed by atoms with E-state index in [4.69, 9.17) is 0 Å². The van der Waals surface area contributed by atoms with Gasteiger partial charge < -0.3 is 5.32 Å². The van der Waals surface area contributed by atoms with Crippen LogP contribution in [0.5, 0.6) is 0 Å². The summed E-state index contributed by atoms with van der Waals surface area (Å²) < 4.78 is 2.11. The average molecular weight is 477 g/mol. The number of nitrogens with zero attached hydrogens (tertiary/aromatic N) is 3. The molecule has 180 valence electrons. The Balaban J connectivity index is 1.39. The van der Waals surface area contributed by atoms with E-state index in [0.717, 1.165) is 41.3 Å². The fourth-order valence-corrected chi connectivity index (χ4v) is 5.58. The van der Waals surface area contributed by atoms with E-state index in [-0.39, 0.29) is 5.91 Å². The lowest BCUT2D eigenvalue weighted by atomic mass is 9.87. The number of amides is 1. The number of carbonyl (C=O) groups excluding carboxylic acids is 1. The molecule has 1 fully saturated rings. The van der Waals surface area contributed by atoms with Crippen LogP contribution in [0.1, 0.15) is 67.5 Å². The van der Waals surface area contributed by atoms with Crippen molar-refractivity contribution in [2.75, 3.05) is 6.54 Å². The second kappa shape index (κ2) is 12.2. The maximum Gasteiger partial charge on any atom is 0.220 e. The van der Waals surface area contributed by atoms with Gasteiger partial charge in [0.05, 0.1) is 0 Å².